The Morgan fingerprint density at radius 2 is 1.86 bits per heavy atom. The fourth-order valence-electron chi connectivity index (χ4n) is 1.98. The molecule has 0 aliphatic rings. The Kier molecular flexibility index (Phi) is 9.47. The lowest BCUT2D eigenvalue weighted by atomic mass is 10.2. The SMILES string of the molecule is COc1cc(CNCCCNCCO)c(Br)cc1OC(C)C. The first kappa shape index (κ1) is 19.2. The second-order valence-electron chi connectivity index (χ2n) is 5.27. The largest absolute Gasteiger partial charge is 0.493 e. The summed E-state index contributed by atoms with van der Waals surface area (Å²) in [5, 5.41) is 15.2. The van der Waals surface area contributed by atoms with E-state index in [0.717, 1.165) is 47.6 Å². The number of nitrogens with one attached hydrogen (secondary N) is 2. The molecule has 0 aliphatic heterocycles. The van der Waals surface area contributed by atoms with E-state index in [2.05, 4.69) is 26.6 Å². The smallest absolute Gasteiger partial charge is 0.162 e. The first-order valence-electron chi connectivity index (χ1n) is 7.63. The van der Waals surface area contributed by atoms with E-state index in [4.69, 9.17) is 14.6 Å². The zero-order chi connectivity index (χ0) is 16.4. The molecule has 0 bridgehead atoms. The predicted octanol–water partition coefficient (Wildman–Crippen LogP) is 2.31. The molecular formula is C16H27BrN2O3. The maximum absolute atomic E-state index is 8.67. The molecule has 0 saturated heterocycles. The van der Waals surface area contributed by atoms with Crippen molar-refractivity contribution in [2.75, 3.05) is 33.4 Å². The second-order valence-corrected chi connectivity index (χ2v) is 6.12. The van der Waals surface area contributed by atoms with Crippen molar-refractivity contribution in [2.24, 2.45) is 0 Å². The van der Waals surface area contributed by atoms with Crippen LogP contribution in [-0.2, 0) is 6.54 Å². The Balaban J connectivity index is 2.49. The van der Waals surface area contributed by atoms with Crippen molar-refractivity contribution in [3.05, 3.63) is 22.2 Å². The summed E-state index contributed by atoms with van der Waals surface area (Å²) in [6, 6.07) is 3.96. The third-order valence-electron chi connectivity index (χ3n) is 3.01. The van der Waals surface area contributed by atoms with E-state index in [0.29, 0.717) is 6.54 Å². The van der Waals surface area contributed by atoms with E-state index in [1.165, 1.54) is 0 Å². The summed E-state index contributed by atoms with van der Waals surface area (Å²) in [5.74, 6) is 1.50. The Morgan fingerprint density at radius 1 is 1.14 bits per heavy atom. The van der Waals surface area contributed by atoms with Crippen molar-refractivity contribution in [3.63, 3.8) is 0 Å². The lowest BCUT2D eigenvalue weighted by Crippen LogP contribution is -2.24. The van der Waals surface area contributed by atoms with E-state index in [-0.39, 0.29) is 12.7 Å². The first-order chi connectivity index (χ1) is 10.6. The van der Waals surface area contributed by atoms with E-state index < -0.39 is 0 Å². The lowest BCUT2D eigenvalue weighted by molar-refractivity contribution is 0.230. The van der Waals surface area contributed by atoms with Crippen LogP contribution in [0.4, 0.5) is 0 Å². The number of aliphatic hydroxyl groups is 1. The molecule has 1 aromatic rings. The van der Waals surface area contributed by atoms with Gasteiger partial charge in [0.25, 0.3) is 0 Å². The molecule has 0 amide bonds. The molecule has 0 fully saturated rings. The maximum atomic E-state index is 8.67. The van der Waals surface area contributed by atoms with Crippen LogP contribution >= 0.6 is 15.9 Å². The van der Waals surface area contributed by atoms with Gasteiger partial charge in [0.05, 0.1) is 19.8 Å². The highest BCUT2D eigenvalue weighted by atomic mass is 79.9. The van der Waals surface area contributed by atoms with Gasteiger partial charge in [-0.2, -0.15) is 0 Å². The topological polar surface area (TPSA) is 62.8 Å². The summed E-state index contributed by atoms with van der Waals surface area (Å²) in [6.07, 6.45) is 1.12. The molecule has 0 spiro atoms. The minimum atomic E-state index is 0.108. The summed E-state index contributed by atoms with van der Waals surface area (Å²) in [4.78, 5) is 0. The van der Waals surface area contributed by atoms with Gasteiger partial charge in [0, 0.05) is 17.6 Å². The third kappa shape index (κ3) is 6.96. The average Bonchev–Trinajstić information content (AvgIpc) is 2.47. The Labute approximate surface area is 141 Å². The van der Waals surface area contributed by atoms with Crippen LogP contribution in [0.1, 0.15) is 25.8 Å². The van der Waals surface area contributed by atoms with Gasteiger partial charge >= 0.3 is 0 Å². The summed E-state index contributed by atoms with van der Waals surface area (Å²) >= 11 is 3.59. The van der Waals surface area contributed by atoms with Crippen molar-refractivity contribution in [2.45, 2.75) is 32.9 Å². The van der Waals surface area contributed by atoms with Crippen LogP contribution in [0, 0.1) is 0 Å². The molecular weight excluding hydrogens is 348 g/mol. The number of halogens is 1. The molecule has 3 N–H and O–H groups in total. The number of hydrogen-bond acceptors (Lipinski definition) is 5. The number of rotatable bonds is 11. The number of methoxy groups -OCH3 is 1. The normalized spacial score (nSPS) is 11.0. The molecule has 0 heterocycles. The zero-order valence-corrected chi connectivity index (χ0v) is 15.2. The van der Waals surface area contributed by atoms with Crippen molar-refractivity contribution in [1.29, 1.82) is 0 Å². The molecule has 0 aliphatic carbocycles. The molecule has 126 valence electrons. The summed E-state index contributed by atoms with van der Waals surface area (Å²) in [5.41, 5.74) is 1.14. The van der Waals surface area contributed by atoms with Crippen LogP contribution in [0.3, 0.4) is 0 Å². The summed E-state index contributed by atoms with van der Waals surface area (Å²) in [7, 11) is 1.65. The number of benzene rings is 1. The lowest BCUT2D eigenvalue weighted by Gasteiger charge is -2.16. The molecule has 0 saturated carbocycles. The van der Waals surface area contributed by atoms with Crippen LogP contribution in [0.2, 0.25) is 0 Å². The standard InChI is InChI=1S/C16H27BrN2O3/c1-12(2)22-16-10-14(17)13(9-15(16)21-3)11-19-6-4-5-18-7-8-20/h9-10,12,18-20H,4-8,11H2,1-3H3. The van der Waals surface area contributed by atoms with Crippen LogP contribution in [0.15, 0.2) is 16.6 Å². The average molecular weight is 375 g/mol. The van der Waals surface area contributed by atoms with Crippen molar-refractivity contribution in [3.8, 4) is 11.5 Å². The van der Waals surface area contributed by atoms with E-state index in [1.807, 2.05) is 26.0 Å². The number of aliphatic hydroxyl groups excluding tert-OH is 1. The van der Waals surface area contributed by atoms with Gasteiger partial charge in [0.2, 0.25) is 0 Å². The fourth-order valence-corrected chi connectivity index (χ4v) is 2.45. The Morgan fingerprint density at radius 3 is 2.50 bits per heavy atom. The molecule has 22 heavy (non-hydrogen) atoms. The molecule has 1 rings (SSSR count). The molecule has 1 aromatic carbocycles. The fraction of sp³-hybridized carbons (Fsp3) is 0.625. The van der Waals surface area contributed by atoms with Gasteiger partial charge in [-0.25, -0.2) is 0 Å². The minimum absolute atomic E-state index is 0.108. The van der Waals surface area contributed by atoms with E-state index in [1.54, 1.807) is 7.11 Å². The predicted molar refractivity (Wildman–Crippen MR) is 92.7 cm³/mol. The van der Waals surface area contributed by atoms with Gasteiger partial charge in [-0.05, 0) is 51.1 Å². The van der Waals surface area contributed by atoms with Gasteiger partial charge in [0.1, 0.15) is 0 Å². The maximum Gasteiger partial charge on any atom is 0.162 e. The quantitative estimate of drug-likeness (QED) is 0.518. The minimum Gasteiger partial charge on any atom is -0.493 e. The summed E-state index contributed by atoms with van der Waals surface area (Å²) < 4.78 is 12.2. The molecule has 0 unspecified atom stereocenters. The van der Waals surface area contributed by atoms with Crippen molar-refractivity contribution < 1.29 is 14.6 Å². The monoisotopic (exact) mass is 374 g/mol. The van der Waals surface area contributed by atoms with Gasteiger partial charge in [-0.15, -0.1) is 0 Å². The van der Waals surface area contributed by atoms with Crippen LogP contribution in [0.25, 0.3) is 0 Å². The third-order valence-corrected chi connectivity index (χ3v) is 3.74. The highest BCUT2D eigenvalue weighted by Crippen LogP contribution is 2.34. The molecule has 5 nitrogen and oxygen atoms in total. The van der Waals surface area contributed by atoms with Crippen LogP contribution < -0.4 is 20.1 Å². The second kappa shape index (κ2) is 10.8. The highest BCUT2D eigenvalue weighted by molar-refractivity contribution is 9.10. The van der Waals surface area contributed by atoms with E-state index >= 15 is 0 Å². The van der Waals surface area contributed by atoms with Crippen molar-refractivity contribution in [1.82, 2.24) is 10.6 Å². The van der Waals surface area contributed by atoms with Crippen LogP contribution in [-0.4, -0.2) is 44.6 Å². The van der Waals surface area contributed by atoms with Gasteiger partial charge in [0.15, 0.2) is 11.5 Å². The van der Waals surface area contributed by atoms with Crippen LogP contribution in [0.5, 0.6) is 11.5 Å². The molecule has 0 aromatic heterocycles. The zero-order valence-electron chi connectivity index (χ0n) is 13.6. The number of ether oxygens (including phenoxy) is 2. The van der Waals surface area contributed by atoms with Gasteiger partial charge < -0.3 is 25.2 Å². The van der Waals surface area contributed by atoms with Gasteiger partial charge in [-0.3, -0.25) is 0 Å². The Bertz CT molecular complexity index is 442. The van der Waals surface area contributed by atoms with Crippen molar-refractivity contribution >= 4 is 15.9 Å². The van der Waals surface area contributed by atoms with Gasteiger partial charge in [-0.1, -0.05) is 15.9 Å². The van der Waals surface area contributed by atoms with E-state index in [9.17, 15) is 0 Å². The first-order valence-corrected chi connectivity index (χ1v) is 8.43. The number of hydrogen-bond donors (Lipinski definition) is 3. The Hall–Kier alpha value is -0.820. The summed E-state index contributed by atoms with van der Waals surface area (Å²) in [6.45, 7) is 7.40. The molecule has 0 radical (unpaired) electrons. The molecule has 0 atom stereocenters. The highest BCUT2D eigenvalue weighted by Gasteiger charge is 2.11. The molecule has 6 heteroatoms.